The molecule has 2 N–H and O–H groups in total. The monoisotopic (exact) mass is 336 g/mol. The average molecular weight is 336 g/mol. The first-order valence-electron chi connectivity index (χ1n) is 7.23. The van der Waals surface area contributed by atoms with E-state index < -0.39 is 12.0 Å². The van der Waals surface area contributed by atoms with Gasteiger partial charge in [0, 0.05) is 16.9 Å². The molecule has 1 aliphatic rings. The Morgan fingerprint density at radius 2 is 1.74 bits per heavy atom. The molecule has 0 aromatic heterocycles. The number of hydrogen-bond donors (Lipinski definition) is 2. The molecule has 6 nitrogen and oxygen atoms in total. The number of nitrogens with zero attached hydrogens (tertiary/aromatic N) is 1. The number of aromatic carboxylic acids is 1. The summed E-state index contributed by atoms with van der Waals surface area (Å²) < 4.78 is 0. The van der Waals surface area contributed by atoms with Gasteiger partial charge >= 0.3 is 5.97 Å². The van der Waals surface area contributed by atoms with Crippen LogP contribution in [-0.4, -0.2) is 51.0 Å². The molecule has 1 unspecified atom stereocenters. The number of amides is 2. The van der Waals surface area contributed by atoms with Crippen molar-refractivity contribution in [1.82, 2.24) is 10.2 Å². The predicted molar refractivity (Wildman–Crippen MR) is 88.6 cm³/mol. The SMILES string of the molecule is CC(C)(C)NC(=O)C1CSCN1C(=O)c1ccc(C(=O)O)cc1. The number of benzene rings is 1. The van der Waals surface area contributed by atoms with Gasteiger partial charge in [0.2, 0.25) is 5.91 Å². The molecule has 7 heteroatoms. The number of rotatable bonds is 3. The Morgan fingerprint density at radius 3 is 2.26 bits per heavy atom. The number of carboxylic acids is 1. The molecular weight excluding hydrogens is 316 g/mol. The van der Waals surface area contributed by atoms with Gasteiger partial charge in [-0.1, -0.05) is 0 Å². The van der Waals surface area contributed by atoms with Gasteiger partial charge in [-0.2, -0.15) is 0 Å². The Morgan fingerprint density at radius 1 is 1.17 bits per heavy atom. The van der Waals surface area contributed by atoms with Crippen molar-refractivity contribution in [2.75, 3.05) is 11.6 Å². The summed E-state index contributed by atoms with van der Waals surface area (Å²) in [6.07, 6.45) is 0. The van der Waals surface area contributed by atoms with E-state index in [0.29, 0.717) is 17.2 Å². The minimum absolute atomic E-state index is 0.124. The fourth-order valence-electron chi connectivity index (χ4n) is 2.23. The van der Waals surface area contributed by atoms with E-state index >= 15 is 0 Å². The van der Waals surface area contributed by atoms with Crippen LogP contribution in [-0.2, 0) is 4.79 Å². The normalized spacial score (nSPS) is 17.9. The second kappa shape index (κ2) is 6.62. The zero-order valence-corrected chi connectivity index (χ0v) is 14.1. The first kappa shape index (κ1) is 17.3. The fraction of sp³-hybridized carbons (Fsp3) is 0.438. The third kappa shape index (κ3) is 4.25. The molecule has 1 atom stereocenters. The maximum Gasteiger partial charge on any atom is 0.335 e. The van der Waals surface area contributed by atoms with Gasteiger partial charge in [0.1, 0.15) is 6.04 Å². The quantitative estimate of drug-likeness (QED) is 0.879. The summed E-state index contributed by atoms with van der Waals surface area (Å²) in [5.74, 6) is -0.468. The Bertz CT molecular complexity index is 622. The van der Waals surface area contributed by atoms with Crippen molar-refractivity contribution in [3.05, 3.63) is 35.4 Å². The molecule has 1 aromatic rings. The molecule has 2 rings (SSSR count). The number of carbonyl (C=O) groups excluding carboxylic acids is 2. The molecule has 0 spiro atoms. The van der Waals surface area contributed by atoms with E-state index in [9.17, 15) is 14.4 Å². The molecule has 1 aromatic carbocycles. The predicted octanol–water partition coefficient (Wildman–Crippen LogP) is 1.81. The highest BCUT2D eigenvalue weighted by Gasteiger charge is 2.36. The zero-order chi connectivity index (χ0) is 17.2. The van der Waals surface area contributed by atoms with Crippen LogP contribution >= 0.6 is 11.8 Å². The largest absolute Gasteiger partial charge is 0.478 e. The minimum Gasteiger partial charge on any atom is -0.478 e. The molecule has 1 saturated heterocycles. The average Bonchev–Trinajstić information content (AvgIpc) is 2.94. The Hall–Kier alpha value is -2.02. The van der Waals surface area contributed by atoms with Crippen molar-refractivity contribution in [2.45, 2.75) is 32.4 Å². The number of carboxylic acid groups (broad SMARTS) is 1. The van der Waals surface area contributed by atoms with Crippen LogP contribution in [0.25, 0.3) is 0 Å². The maximum atomic E-state index is 12.6. The minimum atomic E-state index is -1.04. The van der Waals surface area contributed by atoms with Crippen LogP contribution in [0.4, 0.5) is 0 Å². The van der Waals surface area contributed by atoms with Crippen LogP contribution in [0.1, 0.15) is 41.5 Å². The van der Waals surface area contributed by atoms with Crippen LogP contribution in [0.2, 0.25) is 0 Å². The van der Waals surface area contributed by atoms with Gasteiger partial charge < -0.3 is 15.3 Å². The topological polar surface area (TPSA) is 86.7 Å². The third-order valence-corrected chi connectivity index (χ3v) is 4.34. The summed E-state index contributed by atoms with van der Waals surface area (Å²) >= 11 is 1.53. The number of nitrogens with one attached hydrogen (secondary N) is 1. The van der Waals surface area contributed by atoms with Crippen molar-refractivity contribution < 1.29 is 19.5 Å². The molecule has 0 saturated carbocycles. The van der Waals surface area contributed by atoms with Crippen LogP contribution in [0.3, 0.4) is 0 Å². The molecule has 1 heterocycles. The number of hydrogen-bond acceptors (Lipinski definition) is 4. The van der Waals surface area contributed by atoms with E-state index in [2.05, 4.69) is 5.32 Å². The second-order valence-corrected chi connectivity index (χ2v) is 7.41. The summed E-state index contributed by atoms with van der Waals surface area (Å²) in [5, 5.41) is 11.8. The Balaban J connectivity index is 2.14. The maximum absolute atomic E-state index is 12.6. The summed E-state index contributed by atoms with van der Waals surface area (Å²) in [4.78, 5) is 37.3. The molecule has 2 amide bonds. The van der Waals surface area contributed by atoms with E-state index in [1.165, 1.54) is 40.9 Å². The lowest BCUT2D eigenvalue weighted by atomic mass is 10.1. The highest BCUT2D eigenvalue weighted by molar-refractivity contribution is 7.99. The van der Waals surface area contributed by atoms with Crippen molar-refractivity contribution in [3.63, 3.8) is 0 Å². The standard InChI is InChI=1S/C16H20N2O4S/c1-16(2,3)17-13(19)12-8-23-9-18(12)14(20)10-4-6-11(7-5-10)15(21)22/h4-7,12H,8-9H2,1-3H3,(H,17,19)(H,21,22). The molecule has 124 valence electrons. The van der Waals surface area contributed by atoms with Crippen molar-refractivity contribution in [2.24, 2.45) is 0 Å². The molecular formula is C16H20N2O4S. The van der Waals surface area contributed by atoms with Gasteiger partial charge in [0.15, 0.2) is 0 Å². The second-order valence-electron chi connectivity index (χ2n) is 6.41. The molecule has 23 heavy (non-hydrogen) atoms. The van der Waals surface area contributed by atoms with E-state index in [1.54, 1.807) is 0 Å². The van der Waals surface area contributed by atoms with Crippen molar-refractivity contribution in [3.8, 4) is 0 Å². The molecule has 0 radical (unpaired) electrons. The van der Waals surface area contributed by atoms with Gasteiger partial charge in [-0.3, -0.25) is 9.59 Å². The first-order valence-corrected chi connectivity index (χ1v) is 8.38. The van der Waals surface area contributed by atoms with Crippen LogP contribution in [0.15, 0.2) is 24.3 Å². The van der Waals surface area contributed by atoms with Gasteiger partial charge in [-0.25, -0.2) is 4.79 Å². The summed E-state index contributed by atoms with van der Waals surface area (Å²) in [5.41, 5.74) is 0.146. The van der Waals surface area contributed by atoms with E-state index in [1.807, 2.05) is 20.8 Å². The number of carbonyl (C=O) groups is 3. The van der Waals surface area contributed by atoms with Crippen LogP contribution in [0.5, 0.6) is 0 Å². The molecule has 1 aliphatic heterocycles. The summed E-state index contributed by atoms with van der Waals surface area (Å²) in [6.45, 7) is 5.68. The van der Waals surface area contributed by atoms with Crippen LogP contribution in [0, 0.1) is 0 Å². The number of thioether (sulfide) groups is 1. The lowest BCUT2D eigenvalue weighted by Crippen LogP contribution is -2.52. The summed E-state index contributed by atoms with van der Waals surface area (Å²) in [7, 11) is 0. The third-order valence-electron chi connectivity index (χ3n) is 3.32. The zero-order valence-electron chi connectivity index (χ0n) is 13.3. The molecule has 1 fully saturated rings. The lowest BCUT2D eigenvalue weighted by molar-refractivity contribution is -0.125. The van der Waals surface area contributed by atoms with Crippen molar-refractivity contribution >= 4 is 29.5 Å². The van der Waals surface area contributed by atoms with Gasteiger partial charge in [0.25, 0.3) is 5.91 Å². The van der Waals surface area contributed by atoms with E-state index in [-0.39, 0.29) is 22.9 Å². The van der Waals surface area contributed by atoms with E-state index in [4.69, 9.17) is 5.11 Å². The smallest absolute Gasteiger partial charge is 0.335 e. The van der Waals surface area contributed by atoms with E-state index in [0.717, 1.165) is 0 Å². The highest BCUT2D eigenvalue weighted by atomic mass is 32.2. The Labute approximate surface area is 139 Å². The van der Waals surface area contributed by atoms with Gasteiger partial charge in [0.05, 0.1) is 11.4 Å². The van der Waals surface area contributed by atoms with Gasteiger partial charge in [-0.15, -0.1) is 11.8 Å². The lowest BCUT2D eigenvalue weighted by Gasteiger charge is -2.27. The highest BCUT2D eigenvalue weighted by Crippen LogP contribution is 2.24. The Kier molecular flexibility index (Phi) is 4.99. The van der Waals surface area contributed by atoms with Crippen molar-refractivity contribution in [1.29, 1.82) is 0 Å². The molecule has 0 aliphatic carbocycles. The fourth-order valence-corrected chi connectivity index (χ4v) is 3.39. The van der Waals surface area contributed by atoms with Gasteiger partial charge in [-0.05, 0) is 45.0 Å². The van der Waals surface area contributed by atoms with Crippen LogP contribution < -0.4 is 5.32 Å². The summed E-state index contributed by atoms with van der Waals surface area (Å²) in [6, 6.07) is 5.23. The first-order chi connectivity index (χ1) is 10.7. The molecule has 0 bridgehead atoms.